The number of esters is 1. The molecule has 0 atom stereocenters. The Hall–Kier alpha value is -1.65. The lowest BCUT2D eigenvalue weighted by molar-refractivity contribution is -0.143. The van der Waals surface area contributed by atoms with E-state index in [2.05, 4.69) is 5.10 Å². The van der Waals surface area contributed by atoms with Crippen molar-refractivity contribution in [3.8, 4) is 0 Å². The van der Waals surface area contributed by atoms with Crippen molar-refractivity contribution in [3.05, 3.63) is 17.5 Å². The highest BCUT2D eigenvalue weighted by Crippen LogP contribution is 2.04. The van der Waals surface area contributed by atoms with Gasteiger partial charge in [-0.2, -0.15) is 5.10 Å². The molecule has 1 aromatic heterocycles. The van der Waals surface area contributed by atoms with Gasteiger partial charge in [0.25, 0.3) is 0 Å². The molecule has 1 aromatic rings. The number of rotatable bonds is 6. The lowest BCUT2D eigenvalue weighted by Crippen LogP contribution is -2.06. The second-order valence-corrected chi connectivity index (χ2v) is 3.49. The van der Waals surface area contributed by atoms with Crippen LogP contribution in [0.4, 0.5) is 0 Å². The van der Waals surface area contributed by atoms with Gasteiger partial charge in [0.1, 0.15) is 5.69 Å². The molecule has 16 heavy (non-hydrogen) atoms. The van der Waals surface area contributed by atoms with Crippen LogP contribution < -0.4 is 0 Å². The van der Waals surface area contributed by atoms with E-state index in [-0.39, 0.29) is 5.97 Å². The number of ether oxygens (including phenoxy) is 1. The second-order valence-electron chi connectivity index (χ2n) is 3.49. The van der Waals surface area contributed by atoms with Crippen molar-refractivity contribution in [1.82, 2.24) is 9.78 Å². The summed E-state index contributed by atoms with van der Waals surface area (Å²) in [5.41, 5.74) is 1.31. The Kier molecular flexibility index (Phi) is 4.69. The Bertz CT molecular complexity index is 371. The molecular formula is C11H16N2O3. The number of hydrogen-bond donors (Lipinski definition) is 0. The van der Waals surface area contributed by atoms with Crippen LogP contribution in [0.15, 0.2) is 6.20 Å². The van der Waals surface area contributed by atoms with Crippen LogP contribution in [0.5, 0.6) is 0 Å². The minimum atomic E-state index is -0.193. The molecule has 1 heterocycles. The van der Waals surface area contributed by atoms with E-state index in [4.69, 9.17) is 4.74 Å². The number of aromatic nitrogens is 2. The Labute approximate surface area is 94.4 Å². The van der Waals surface area contributed by atoms with E-state index in [1.165, 1.54) is 0 Å². The first-order valence-electron chi connectivity index (χ1n) is 5.32. The lowest BCUT2D eigenvalue weighted by atomic mass is 10.3. The van der Waals surface area contributed by atoms with Gasteiger partial charge in [-0.1, -0.05) is 0 Å². The zero-order valence-corrected chi connectivity index (χ0v) is 9.60. The molecule has 0 aliphatic rings. The molecule has 0 bridgehead atoms. The Morgan fingerprint density at radius 3 is 2.94 bits per heavy atom. The molecule has 0 radical (unpaired) electrons. The number of aldehydes is 1. The van der Waals surface area contributed by atoms with E-state index in [0.717, 1.165) is 11.8 Å². The number of aryl methyl sites for hydroxylation is 2. The molecule has 5 nitrogen and oxygen atoms in total. The van der Waals surface area contributed by atoms with Gasteiger partial charge in [-0.3, -0.25) is 14.3 Å². The first kappa shape index (κ1) is 12.4. The predicted octanol–water partition coefficient (Wildman–Crippen LogP) is 1.35. The molecule has 0 aliphatic carbocycles. The van der Waals surface area contributed by atoms with Gasteiger partial charge in [0.15, 0.2) is 6.29 Å². The third-order valence-electron chi connectivity index (χ3n) is 2.17. The van der Waals surface area contributed by atoms with Crippen LogP contribution >= 0.6 is 0 Å². The molecule has 1 rings (SSSR count). The molecule has 0 N–H and O–H groups in total. The van der Waals surface area contributed by atoms with E-state index >= 15 is 0 Å². The summed E-state index contributed by atoms with van der Waals surface area (Å²) in [5, 5.41) is 4.07. The Balaban J connectivity index is 2.37. The Morgan fingerprint density at radius 2 is 2.38 bits per heavy atom. The normalized spacial score (nSPS) is 10.1. The number of carbonyl (C=O) groups is 2. The largest absolute Gasteiger partial charge is 0.466 e. The van der Waals surface area contributed by atoms with Crippen LogP contribution in [0, 0.1) is 6.92 Å². The Morgan fingerprint density at radius 1 is 1.62 bits per heavy atom. The van der Waals surface area contributed by atoms with Gasteiger partial charge in [0.2, 0.25) is 0 Å². The third kappa shape index (κ3) is 3.49. The molecule has 0 unspecified atom stereocenters. The maximum absolute atomic E-state index is 11.1. The zero-order valence-electron chi connectivity index (χ0n) is 9.60. The summed E-state index contributed by atoms with van der Waals surface area (Å²) in [4.78, 5) is 21.6. The van der Waals surface area contributed by atoms with Crippen LogP contribution in [0.3, 0.4) is 0 Å². The average Bonchev–Trinajstić information content (AvgIpc) is 2.59. The molecule has 0 saturated heterocycles. The third-order valence-corrected chi connectivity index (χ3v) is 2.17. The zero-order chi connectivity index (χ0) is 12.0. The minimum absolute atomic E-state index is 0.193. The van der Waals surface area contributed by atoms with Gasteiger partial charge in [-0.15, -0.1) is 0 Å². The van der Waals surface area contributed by atoms with Crippen LogP contribution in [0.2, 0.25) is 0 Å². The number of hydrogen-bond acceptors (Lipinski definition) is 4. The minimum Gasteiger partial charge on any atom is -0.466 e. The fraction of sp³-hybridized carbons (Fsp3) is 0.545. The molecule has 0 fully saturated rings. The quantitative estimate of drug-likeness (QED) is 0.540. The van der Waals surface area contributed by atoms with E-state index in [1.807, 2.05) is 6.92 Å². The monoisotopic (exact) mass is 224 g/mol. The summed E-state index contributed by atoms with van der Waals surface area (Å²) in [5.74, 6) is -0.193. The highest BCUT2D eigenvalue weighted by atomic mass is 16.5. The van der Waals surface area contributed by atoms with Crippen molar-refractivity contribution >= 4 is 12.3 Å². The average molecular weight is 224 g/mol. The fourth-order valence-corrected chi connectivity index (χ4v) is 1.39. The predicted molar refractivity (Wildman–Crippen MR) is 58.2 cm³/mol. The fourth-order valence-electron chi connectivity index (χ4n) is 1.39. The molecule has 0 amide bonds. The van der Waals surface area contributed by atoms with Crippen LogP contribution in [-0.4, -0.2) is 28.6 Å². The summed E-state index contributed by atoms with van der Waals surface area (Å²) < 4.78 is 6.48. The summed E-state index contributed by atoms with van der Waals surface area (Å²) >= 11 is 0. The number of carbonyl (C=O) groups excluding carboxylic acids is 2. The van der Waals surface area contributed by atoms with E-state index in [1.54, 1.807) is 17.8 Å². The van der Waals surface area contributed by atoms with Gasteiger partial charge in [0, 0.05) is 19.2 Å². The van der Waals surface area contributed by atoms with Gasteiger partial charge < -0.3 is 4.74 Å². The van der Waals surface area contributed by atoms with Crippen molar-refractivity contribution in [3.63, 3.8) is 0 Å². The lowest BCUT2D eigenvalue weighted by Gasteiger charge is -2.01. The first-order chi connectivity index (χ1) is 7.67. The smallest absolute Gasteiger partial charge is 0.305 e. The van der Waals surface area contributed by atoms with Crippen molar-refractivity contribution in [2.75, 3.05) is 6.61 Å². The topological polar surface area (TPSA) is 61.2 Å². The summed E-state index contributed by atoms with van der Waals surface area (Å²) in [6.45, 7) is 4.65. The van der Waals surface area contributed by atoms with Crippen molar-refractivity contribution in [2.45, 2.75) is 33.2 Å². The van der Waals surface area contributed by atoms with Crippen LogP contribution in [0.25, 0.3) is 0 Å². The summed E-state index contributed by atoms with van der Waals surface area (Å²) in [6, 6.07) is 0. The number of nitrogens with zero attached hydrogens (tertiary/aromatic N) is 2. The first-order valence-corrected chi connectivity index (χ1v) is 5.32. The standard InChI is InChI=1S/C11H16N2O3/c1-3-16-11(15)5-4-6-13-7-9(2)10(8-14)12-13/h7-8H,3-6H2,1-2H3. The van der Waals surface area contributed by atoms with Crippen molar-refractivity contribution in [2.24, 2.45) is 0 Å². The van der Waals surface area contributed by atoms with Crippen LogP contribution in [0.1, 0.15) is 35.8 Å². The van der Waals surface area contributed by atoms with Gasteiger partial charge in [0.05, 0.1) is 6.61 Å². The summed E-state index contributed by atoms with van der Waals surface area (Å²) in [6.07, 6.45) is 3.58. The maximum atomic E-state index is 11.1. The van der Waals surface area contributed by atoms with Gasteiger partial charge >= 0.3 is 5.97 Å². The molecule has 0 spiro atoms. The van der Waals surface area contributed by atoms with Gasteiger partial charge in [-0.05, 0) is 25.8 Å². The van der Waals surface area contributed by atoms with E-state index < -0.39 is 0 Å². The van der Waals surface area contributed by atoms with Crippen molar-refractivity contribution in [1.29, 1.82) is 0 Å². The van der Waals surface area contributed by atoms with E-state index in [9.17, 15) is 9.59 Å². The highest BCUT2D eigenvalue weighted by Gasteiger charge is 2.05. The molecule has 0 aliphatic heterocycles. The van der Waals surface area contributed by atoms with Crippen molar-refractivity contribution < 1.29 is 14.3 Å². The molecule has 0 saturated carbocycles. The molecule has 88 valence electrons. The molecular weight excluding hydrogens is 208 g/mol. The second kappa shape index (κ2) is 6.05. The highest BCUT2D eigenvalue weighted by molar-refractivity contribution is 5.73. The SMILES string of the molecule is CCOC(=O)CCCn1cc(C)c(C=O)n1. The van der Waals surface area contributed by atoms with Gasteiger partial charge in [-0.25, -0.2) is 0 Å². The maximum Gasteiger partial charge on any atom is 0.305 e. The van der Waals surface area contributed by atoms with Crippen LogP contribution in [-0.2, 0) is 16.1 Å². The summed E-state index contributed by atoms with van der Waals surface area (Å²) in [7, 11) is 0. The molecule has 0 aromatic carbocycles. The molecule has 5 heteroatoms. The van der Waals surface area contributed by atoms with E-state index in [0.29, 0.717) is 31.7 Å².